The SMILES string of the molecule is CCc1ccc(C2NC(=O)N(Cc3ccccc3)C(C)=C2c2nc(-c3cccc(F)c3)no2)cc1. The Morgan fingerprint density at radius 2 is 1.77 bits per heavy atom. The first-order valence-electron chi connectivity index (χ1n) is 11.5. The molecule has 1 aliphatic rings. The summed E-state index contributed by atoms with van der Waals surface area (Å²) in [6, 6.07) is 23.3. The molecule has 0 aliphatic carbocycles. The van der Waals surface area contributed by atoms with Gasteiger partial charge in [-0.1, -0.05) is 78.8 Å². The van der Waals surface area contributed by atoms with Gasteiger partial charge in [-0.25, -0.2) is 9.18 Å². The number of hydrogen-bond acceptors (Lipinski definition) is 4. The Kier molecular flexibility index (Phi) is 6.14. The molecule has 0 saturated carbocycles. The van der Waals surface area contributed by atoms with Crippen molar-refractivity contribution in [3.63, 3.8) is 0 Å². The van der Waals surface area contributed by atoms with Crippen molar-refractivity contribution in [2.45, 2.75) is 32.9 Å². The number of carbonyl (C=O) groups excluding carboxylic acids is 1. The van der Waals surface area contributed by atoms with Crippen LogP contribution in [0.5, 0.6) is 0 Å². The number of carbonyl (C=O) groups is 1. The van der Waals surface area contributed by atoms with Gasteiger partial charge in [-0.3, -0.25) is 4.90 Å². The molecule has 1 unspecified atom stereocenters. The van der Waals surface area contributed by atoms with Gasteiger partial charge in [0.05, 0.1) is 18.2 Å². The molecule has 1 aliphatic heterocycles. The van der Waals surface area contributed by atoms with E-state index in [9.17, 15) is 9.18 Å². The van der Waals surface area contributed by atoms with Crippen LogP contribution < -0.4 is 5.32 Å². The van der Waals surface area contributed by atoms with Crippen LogP contribution in [0.1, 0.15) is 42.5 Å². The fourth-order valence-corrected chi connectivity index (χ4v) is 4.29. The highest BCUT2D eigenvalue weighted by molar-refractivity contribution is 5.86. The van der Waals surface area contributed by atoms with Crippen LogP contribution in [-0.4, -0.2) is 21.1 Å². The lowest BCUT2D eigenvalue weighted by molar-refractivity contribution is 0.203. The summed E-state index contributed by atoms with van der Waals surface area (Å²) in [5, 5.41) is 7.22. The van der Waals surface area contributed by atoms with Gasteiger partial charge in [-0.15, -0.1) is 0 Å². The average molecular weight is 469 g/mol. The van der Waals surface area contributed by atoms with Crippen molar-refractivity contribution in [1.82, 2.24) is 20.4 Å². The maximum absolute atomic E-state index is 13.8. The van der Waals surface area contributed by atoms with Gasteiger partial charge in [-0.2, -0.15) is 4.98 Å². The number of allylic oxidation sites excluding steroid dienone is 1. The summed E-state index contributed by atoms with van der Waals surface area (Å²) in [6.45, 7) is 4.38. The lowest BCUT2D eigenvalue weighted by Gasteiger charge is -2.35. The van der Waals surface area contributed by atoms with Crippen molar-refractivity contribution in [2.75, 3.05) is 0 Å². The predicted molar refractivity (Wildman–Crippen MR) is 131 cm³/mol. The zero-order valence-electron chi connectivity index (χ0n) is 19.5. The quantitative estimate of drug-likeness (QED) is 0.369. The third kappa shape index (κ3) is 4.57. The summed E-state index contributed by atoms with van der Waals surface area (Å²) in [7, 11) is 0. The van der Waals surface area contributed by atoms with Crippen LogP contribution in [-0.2, 0) is 13.0 Å². The molecule has 1 aromatic heterocycles. The highest BCUT2D eigenvalue weighted by atomic mass is 19.1. The minimum Gasteiger partial charge on any atom is -0.334 e. The van der Waals surface area contributed by atoms with E-state index in [1.807, 2.05) is 49.4 Å². The van der Waals surface area contributed by atoms with Gasteiger partial charge in [0, 0.05) is 11.3 Å². The molecule has 3 aromatic carbocycles. The number of nitrogens with zero attached hydrogens (tertiary/aromatic N) is 3. The molecule has 2 amide bonds. The van der Waals surface area contributed by atoms with Crippen LogP contribution >= 0.6 is 0 Å². The van der Waals surface area contributed by atoms with Crippen molar-refractivity contribution >= 4 is 11.6 Å². The molecule has 2 heterocycles. The summed E-state index contributed by atoms with van der Waals surface area (Å²) in [4.78, 5) is 19.5. The number of benzene rings is 3. The van der Waals surface area contributed by atoms with E-state index in [0.29, 0.717) is 17.7 Å². The van der Waals surface area contributed by atoms with Gasteiger partial charge < -0.3 is 9.84 Å². The van der Waals surface area contributed by atoms with Crippen molar-refractivity contribution in [3.05, 3.63) is 113 Å². The van der Waals surface area contributed by atoms with Crippen molar-refractivity contribution in [1.29, 1.82) is 0 Å². The van der Waals surface area contributed by atoms with Crippen molar-refractivity contribution in [2.24, 2.45) is 0 Å². The van der Waals surface area contributed by atoms with Crippen LogP contribution in [0.2, 0.25) is 0 Å². The summed E-state index contributed by atoms with van der Waals surface area (Å²) in [5.41, 5.74) is 5.06. The van der Waals surface area contributed by atoms with Gasteiger partial charge in [0.1, 0.15) is 5.82 Å². The molecule has 0 fully saturated rings. The molecular weight excluding hydrogens is 443 g/mol. The van der Waals surface area contributed by atoms with Crippen LogP contribution in [0.3, 0.4) is 0 Å². The first-order chi connectivity index (χ1) is 17.0. The monoisotopic (exact) mass is 468 g/mol. The number of aromatic nitrogens is 2. The number of nitrogens with one attached hydrogen (secondary N) is 1. The number of hydrogen-bond donors (Lipinski definition) is 1. The molecule has 1 N–H and O–H groups in total. The Labute approximate surface area is 203 Å². The van der Waals surface area contributed by atoms with Crippen LogP contribution in [0, 0.1) is 5.82 Å². The zero-order chi connectivity index (χ0) is 24.4. The molecular formula is C28H25FN4O2. The highest BCUT2D eigenvalue weighted by Crippen LogP contribution is 2.38. The van der Waals surface area contributed by atoms with Gasteiger partial charge in [0.2, 0.25) is 5.82 Å². The topological polar surface area (TPSA) is 71.3 Å². The van der Waals surface area contributed by atoms with E-state index in [4.69, 9.17) is 4.52 Å². The van der Waals surface area contributed by atoms with Gasteiger partial charge in [-0.05, 0) is 42.2 Å². The van der Waals surface area contributed by atoms with Gasteiger partial charge >= 0.3 is 6.03 Å². The van der Waals surface area contributed by atoms with Gasteiger partial charge in [0.15, 0.2) is 0 Å². The largest absolute Gasteiger partial charge is 0.334 e. The Morgan fingerprint density at radius 1 is 1.00 bits per heavy atom. The second-order valence-corrected chi connectivity index (χ2v) is 8.48. The molecule has 0 spiro atoms. The van der Waals surface area contributed by atoms with E-state index >= 15 is 0 Å². The fourth-order valence-electron chi connectivity index (χ4n) is 4.29. The number of amides is 2. The third-order valence-corrected chi connectivity index (χ3v) is 6.24. The van der Waals surface area contributed by atoms with E-state index in [2.05, 4.69) is 34.5 Å². The smallest absolute Gasteiger partial charge is 0.322 e. The van der Waals surface area contributed by atoms with E-state index < -0.39 is 6.04 Å². The minimum atomic E-state index is -0.471. The molecule has 0 radical (unpaired) electrons. The maximum atomic E-state index is 13.8. The Bertz CT molecular complexity index is 1380. The summed E-state index contributed by atoms with van der Waals surface area (Å²) in [6.07, 6.45) is 0.921. The number of aryl methyl sites for hydroxylation is 1. The molecule has 7 heteroatoms. The zero-order valence-corrected chi connectivity index (χ0v) is 19.5. The molecule has 0 bridgehead atoms. The van der Waals surface area contributed by atoms with Crippen LogP contribution in [0.25, 0.3) is 17.0 Å². The standard InChI is InChI=1S/C28H25FN4O2/c1-3-19-12-14-21(15-13-19)25-24(27-31-26(32-35-27)22-10-7-11-23(29)16-22)18(2)33(28(34)30-25)17-20-8-5-4-6-9-20/h4-16,25H,3,17H2,1-2H3,(H,30,34). The van der Waals surface area contributed by atoms with Crippen LogP contribution in [0.15, 0.2) is 89.1 Å². The predicted octanol–water partition coefficient (Wildman–Crippen LogP) is 6.14. The second kappa shape index (κ2) is 9.54. The fraction of sp³-hybridized carbons (Fsp3) is 0.179. The first kappa shape index (κ1) is 22.5. The van der Waals surface area contributed by atoms with Crippen molar-refractivity contribution < 1.29 is 13.7 Å². The summed E-state index contributed by atoms with van der Waals surface area (Å²) < 4.78 is 19.5. The Balaban J connectivity index is 1.59. The number of rotatable bonds is 6. The Hall–Kier alpha value is -4.26. The van der Waals surface area contributed by atoms with E-state index in [1.54, 1.807) is 17.0 Å². The first-order valence-corrected chi connectivity index (χ1v) is 11.5. The van der Waals surface area contributed by atoms with Crippen molar-refractivity contribution in [3.8, 4) is 11.4 Å². The summed E-state index contributed by atoms with van der Waals surface area (Å²) in [5.74, 6) is 0.188. The van der Waals surface area contributed by atoms with E-state index in [1.165, 1.54) is 17.7 Å². The molecule has 0 saturated heterocycles. The molecule has 5 rings (SSSR count). The minimum absolute atomic E-state index is 0.204. The second-order valence-electron chi connectivity index (χ2n) is 8.48. The highest BCUT2D eigenvalue weighted by Gasteiger charge is 2.35. The normalized spacial score (nSPS) is 15.9. The number of urea groups is 1. The third-order valence-electron chi connectivity index (χ3n) is 6.24. The lowest BCUT2D eigenvalue weighted by Crippen LogP contribution is -2.45. The van der Waals surface area contributed by atoms with E-state index in [-0.39, 0.29) is 23.6 Å². The van der Waals surface area contributed by atoms with Gasteiger partial charge in [0.25, 0.3) is 5.89 Å². The summed E-state index contributed by atoms with van der Waals surface area (Å²) >= 11 is 0. The Morgan fingerprint density at radius 3 is 2.49 bits per heavy atom. The number of halogens is 1. The van der Waals surface area contributed by atoms with E-state index in [0.717, 1.165) is 23.2 Å². The van der Waals surface area contributed by atoms with Crippen LogP contribution in [0.4, 0.5) is 9.18 Å². The molecule has 6 nitrogen and oxygen atoms in total. The maximum Gasteiger partial charge on any atom is 0.322 e. The molecule has 4 aromatic rings. The molecule has 176 valence electrons. The lowest BCUT2D eigenvalue weighted by atomic mass is 9.93. The average Bonchev–Trinajstić information content (AvgIpc) is 3.37. The molecule has 35 heavy (non-hydrogen) atoms. The molecule has 1 atom stereocenters.